The second-order valence-corrected chi connectivity index (χ2v) is 11.7. The molecular formula is C31H24Cl2N2O6. The smallest absolute Gasteiger partial charge is 0.330 e. The van der Waals surface area contributed by atoms with E-state index in [4.69, 9.17) is 33.7 Å². The summed E-state index contributed by atoms with van der Waals surface area (Å²) in [5.41, 5.74) is 8.14. The van der Waals surface area contributed by atoms with Gasteiger partial charge in [0.15, 0.2) is 6.10 Å². The number of carbonyl (C=O) groups is 5. The minimum absolute atomic E-state index is 0.305. The molecule has 8 nitrogen and oxygen atoms in total. The van der Waals surface area contributed by atoms with Crippen molar-refractivity contribution in [2.24, 2.45) is 17.6 Å². The number of imide groups is 1. The molecular weight excluding hydrogens is 567 g/mol. The molecule has 1 heterocycles. The molecule has 3 amide bonds. The van der Waals surface area contributed by atoms with Gasteiger partial charge in [0.25, 0.3) is 0 Å². The number of primary amides is 1. The lowest BCUT2D eigenvalue weighted by Crippen LogP contribution is -2.57. The van der Waals surface area contributed by atoms with Crippen LogP contribution in [0.25, 0.3) is 0 Å². The number of Topliss-reactive ketones (excluding diaryl/α,β-unsaturated/α-hetero) is 1. The topological polar surface area (TPSA) is 124 Å². The lowest BCUT2D eigenvalue weighted by Gasteiger charge is -2.54. The number of carbonyl (C=O) groups excluding carboxylic acids is 5. The fourth-order valence-electron chi connectivity index (χ4n) is 6.61. The highest BCUT2D eigenvalue weighted by Gasteiger charge is 2.74. The standard InChI is InChI=1S/C31H24Cl2N2O6/c1-16(26(37)17-9-3-2-4-10-17)41-29(40)22(15-23(34)36)35-27(38)24-25(28(35)39)31(33)19-12-6-5-11-18(19)30(24,32)20-13-7-8-14-21(20)31/h2-14,16,22,24-25H,15H2,1H3,(H2,34,36)/t16-,22+,24-,25+,30?,31?/m0/s1. The minimum Gasteiger partial charge on any atom is -0.453 e. The predicted octanol–water partition coefficient (Wildman–Crippen LogP) is 3.64. The van der Waals surface area contributed by atoms with Gasteiger partial charge in [-0.05, 0) is 29.2 Å². The molecule has 2 bridgehead atoms. The fraction of sp³-hybridized carbons (Fsp3) is 0.258. The van der Waals surface area contributed by atoms with Gasteiger partial charge in [-0.3, -0.25) is 24.1 Å². The maximum atomic E-state index is 14.2. The molecule has 0 spiro atoms. The first kappa shape index (κ1) is 27.2. The van der Waals surface area contributed by atoms with E-state index in [-0.39, 0.29) is 0 Å². The molecule has 10 heteroatoms. The third-order valence-corrected chi connectivity index (χ3v) is 9.60. The molecule has 0 radical (unpaired) electrons. The second-order valence-electron chi connectivity index (χ2n) is 10.5. The van der Waals surface area contributed by atoms with Crippen LogP contribution in [0.4, 0.5) is 0 Å². The summed E-state index contributed by atoms with van der Waals surface area (Å²) < 4.78 is 5.43. The van der Waals surface area contributed by atoms with E-state index in [1.165, 1.54) is 6.92 Å². The largest absolute Gasteiger partial charge is 0.453 e. The Morgan fingerprint density at radius 2 is 1.22 bits per heavy atom. The fourth-order valence-corrected chi connectivity index (χ4v) is 7.71. The van der Waals surface area contributed by atoms with Gasteiger partial charge in [-0.25, -0.2) is 4.79 Å². The third-order valence-electron chi connectivity index (χ3n) is 8.32. The summed E-state index contributed by atoms with van der Waals surface area (Å²) in [5, 5.41) is 0. The number of benzene rings is 3. The predicted molar refractivity (Wildman–Crippen MR) is 149 cm³/mol. The van der Waals surface area contributed by atoms with E-state index in [9.17, 15) is 24.0 Å². The lowest BCUT2D eigenvalue weighted by molar-refractivity contribution is -0.161. The summed E-state index contributed by atoms with van der Waals surface area (Å²) in [7, 11) is 0. The summed E-state index contributed by atoms with van der Waals surface area (Å²) in [6, 6.07) is 20.7. The highest BCUT2D eigenvalue weighted by molar-refractivity contribution is 6.36. The van der Waals surface area contributed by atoms with Crippen LogP contribution >= 0.6 is 23.2 Å². The first-order chi connectivity index (χ1) is 19.5. The van der Waals surface area contributed by atoms with Gasteiger partial charge in [0, 0.05) is 5.56 Å². The number of hydrogen-bond acceptors (Lipinski definition) is 6. The number of likely N-dealkylation sites (tertiary alicyclic amines) is 1. The number of rotatable bonds is 7. The normalized spacial score (nSPS) is 27.0. The molecule has 7 rings (SSSR count). The number of ketones is 1. The van der Waals surface area contributed by atoms with Crippen molar-refractivity contribution in [3.63, 3.8) is 0 Å². The Morgan fingerprint density at radius 1 is 0.805 bits per heavy atom. The van der Waals surface area contributed by atoms with Gasteiger partial charge in [-0.15, -0.1) is 23.2 Å². The van der Waals surface area contributed by atoms with Crippen molar-refractivity contribution in [2.45, 2.75) is 35.2 Å². The third kappa shape index (κ3) is 3.70. The van der Waals surface area contributed by atoms with E-state index >= 15 is 0 Å². The molecule has 208 valence electrons. The quantitative estimate of drug-likeness (QED) is 0.194. The molecule has 2 N–H and O–H groups in total. The van der Waals surface area contributed by atoms with E-state index in [0.29, 0.717) is 32.7 Å². The molecule has 3 aromatic rings. The van der Waals surface area contributed by atoms with Gasteiger partial charge >= 0.3 is 5.97 Å². The molecule has 0 saturated carbocycles. The van der Waals surface area contributed by atoms with Gasteiger partial charge < -0.3 is 10.5 Å². The molecule has 41 heavy (non-hydrogen) atoms. The maximum Gasteiger partial charge on any atom is 0.330 e. The van der Waals surface area contributed by atoms with Gasteiger partial charge in [-0.2, -0.15) is 0 Å². The molecule has 0 aromatic heterocycles. The van der Waals surface area contributed by atoms with Crippen LogP contribution in [0.5, 0.6) is 0 Å². The maximum absolute atomic E-state index is 14.2. The van der Waals surface area contributed by atoms with Crippen molar-refractivity contribution >= 4 is 52.7 Å². The molecule has 4 atom stereocenters. The Morgan fingerprint density at radius 3 is 1.63 bits per heavy atom. The molecule has 1 aliphatic heterocycles. The Bertz CT molecular complexity index is 1520. The average Bonchev–Trinajstić information content (AvgIpc) is 3.25. The van der Waals surface area contributed by atoms with E-state index < -0.39 is 69.6 Å². The molecule has 0 unspecified atom stereocenters. The summed E-state index contributed by atoms with van der Waals surface area (Å²) in [6.07, 6.45) is -1.97. The van der Waals surface area contributed by atoms with Crippen LogP contribution in [-0.2, 0) is 33.7 Å². The van der Waals surface area contributed by atoms with Crippen LogP contribution in [0.15, 0.2) is 78.9 Å². The number of hydrogen-bond donors (Lipinski definition) is 1. The number of alkyl halides is 2. The van der Waals surface area contributed by atoms with E-state index in [2.05, 4.69) is 0 Å². The number of ether oxygens (including phenoxy) is 1. The zero-order valence-corrected chi connectivity index (χ0v) is 23.3. The van der Waals surface area contributed by atoms with Crippen LogP contribution in [0.2, 0.25) is 0 Å². The number of nitrogens with two attached hydrogens (primary N) is 1. The molecule has 4 aliphatic rings. The Labute approximate surface area is 245 Å². The minimum atomic E-state index is -1.71. The van der Waals surface area contributed by atoms with Crippen molar-refractivity contribution in [3.05, 3.63) is 107 Å². The summed E-state index contributed by atoms with van der Waals surface area (Å²) in [6.45, 7) is 1.37. The van der Waals surface area contributed by atoms with Gasteiger partial charge in [0.2, 0.25) is 23.5 Å². The Hall–Kier alpha value is -4.01. The van der Waals surface area contributed by atoms with Crippen molar-refractivity contribution in [1.29, 1.82) is 0 Å². The van der Waals surface area contributed by atoms with E-state index in [0.717, 1.165) is 0 Å². The van der Waals surface area contributed by atoms with Crippen molar-refractivity contribution < 1.29 is 28.7 Å². The van der Waals surface area contributed by atoms with Gasteiger partial charge in [0.1, 0.15) is 15.8 Å². The van der Waals surface area contributed by atoms with Crippen LogP contribution in [0.1, 0.15) is 46.0 Å². The number of halogens is 2. The highest BCUT2D eigenvalue weighted by atomic mass is 35.5. The molecule has 1 fully saturated rings. The summed E-state index contributed by atoms with van der Waals surface area (Å²) >= 11 is 14.8. The van der Waals surface area contributed by atoms with Gasteiger partial charge in [-0.1, -0.05) is 78.9 Å². The number of amides is 3. The van der Waals surface area contributed by atoms with Crippen LogP contribution < -0.4 is 5.73 Å². The van der Waals surface area contributed by atoms with Crippen molar-refractivity contribution in [2.75, 3.05) is 0 Å². The van der Waals surface area contributed by atoms with Crippen molar-refractivity contribution in [3.8, 4) is 0 Å². The zero-order chi connectivity index (χ0) is 29.3. The lowest BCUT2D eigenvalue weighted by atomic mass is 9.54. The van der Waals surface area contributed by atoms with Crippen molar-refractivity contribution in [1.82, 2.24) is 4.90 Å². The molecule has 3 aliphatic carbocycles. The SMILES string of the molecule is C[C@H](OC(=O)[C@@H](CC(N)=O)N1C(=O)[C@@H]2[C@H](C1=O)C1(Cl)c3ccccc3C2(Cl)c2ccccc21)C(=O)c1ccccc1. The van der Waals surface area contributed by atoms with Crippen LogP contribution in [0, 0.1) is 11.8 Å². The first-order valence-electron chi connectivity index (χ1n) is 13.1. The molecule has 3 aromatic carbocycles. The van der Waals surface area contributed by atoms with Crippen LogP contribution in [-0.4, -0.2) is 46.5 Å². The first-order valence-corrected chi connectivity index (χ1v) is 13.8. The number of nitrogens with zero attached hydrogens (tertiary/aromatic N) is 1. The Balaban J connectivity index is 1.41. The highest BCUT2D eigenvalue weighted by Crippen LogP contribution is 2.69. The van der Waals surface area contributed by atoms with Gasteiger partial charge in [0.05, 0.1) is 18.3 Å². The number of esters is 1. The summed E-state index contributed by atoms with van der Waals surface area (Å²) in [5.74, 6) is -6.44. The Kier molecular flexibility index (Phi) is 6.32. The zero-order valence-electron chi connectivity index (χ0n) is 21.8. The van der Waals surface area contributed by atoms with E-state index in [1.807, 2.05) is 0 Å². The monoisotopic (exact) mass is 590 g/mol. The van der Waals surface area contributed by atoms with E-state index in [1.54, 1.807) is 78.9 Å². The second kappa shape index (κ2) is 9.53. The average molecular weight is 591 g/mol. The van der Waals surface area contributed by atoms with Crippen LogP contribution in [0.3, 0.4) is 0 Å². The molecule has 1 saturated heterocycles. The summed E-state index contributed by atoms with van der Waals surface area (Å²) in [4.78, 5) is 64.7.